The molecule has 1 aliphatic rings. The molecule has 5 nitrogen and oxygen atoms in total. The van der Waals surface area contributed by atoms with E-state index in [9.17, 15) is 14.7 Å². The first kappa shape index (κ1) is 16.5. The maximum absolute atomic E-state index is 12.5. The average molecular weight is 390 g/mol. The van der Waals surface area contributed by atoms with Crippen molar-refractivity contribution in [3.05, 3.63) is 64.1 Å². The zero-order valence-electron chi connectivity index (χ0n) is 12.7. The van der Waals surface area contributed by atoms with Gasteiger partial charge < -0.3 is 15.2 Å². The molecule has 1 aliphatic carbocycles. The smallest absolute Gasteiger partial charge is 0.343 e. The van der Waals surface area contributed by atoms with Crippen molar-refractivity contribution in [2.75, 3.05) is 0 Å². The molecule has 2 aromatic rings. The van der Waals surface area contributed by atoms with Gasteiger partial charge in [-0.2, -0.15) is 0 Å². The molecule has 124 valence electrons. The zero-order valence-corrected chi connectivity index (χ0v) is 14.3. The van der Waals surface area contributed by atoms with Gasteiger partial charge in [0.2, 0.25) is 6.10 Å². The van der Waals surface area contributed by atoms with Crippen LogP contribution in [0.1, 0.15) is 34.9 Å². The predicted molar refractivity (Wildman–Crippen MR) is 91.6 cm³/mol. The SMILES string of the molecule is O=C(O[C@H](C(=O)NC1CC1)c1ccccc1)c1cc(Br)ccc1O. The van der Waals surface area contributed by atoms with Gasteiger partial charge in [0.25, 0.3) is 5.91 Å². The van der Waals surface area contributed by atoms with Crippen molar-refractivity contribution in [1.29, 1.82) is 0 Å². The summed E-state index contributed by atoms with van der Waals surface area (Å²) in [6, 6.07) is 13.4. The standard InChI is InChI=1S/C18H16BrNO4/c19-12-6-9-15(21)14(10-12)18(23)24-16(11-4-2-1-3-5-11)17(22)20-13-7-8-13/h1-6,9-10,13,16,21H,7-8H2,(H,20,22)/t16-/m0/s1. The molecular formula is C18H16BrNO4. The van der Waals surface area contributed by atoms with Crippen LogP contribution in [0.5, 0.6) is 5.75 Å². The molecule has 0 aliphatic heterocycles. The molecule has 6 heteroatoms. The number of ether oxygens (including phenoxy) is 1. The molecule has 1 amide bonds. The fourth-order valence-electron chi connectivity index (χ4n) is 2.25. The summed E-state index contributed by atoms with van der Waals surface area (Å²) < 4.78 is 6.05. The topological polar surface area (TPSA) is 75.6 Å². The van der Waals surface area contributed by atoms with E-state index in [0.29, 0.717) is 10.0 Å². The lowest BCUT2D eigenvalue weighted by atomic mass is 10.1. The van der Waals surface area contributed by atoms with Gasteiger partial charge in [0.05, 0.1) is 0 Å². The fraction of sp³-hybridized carbons (Fsp3) is 0.222. The van der Waals surface area contributed by atoms with Gasteiger partial charge in [-0.25, -0.2) is 4.79 Å². The van der Waals surface area contributed by atoms with E-state index >= 15 is 0 Å². The Kier molecular flexibility index (Phi) is 4.85. The Morgan fingerprint density at radius 2 is 1.88 bits per heavy atom. The summed E-state index contributed by atoms with van der Waals surface area (Å²) >= 11 is 3.25. The van der Waals surface area contributed by atoms with Crippen molar-refractivity contribution in [3.63, 3.8) is 0 Å². The summed E-state index contributed by atoms with van der Waals surface area (Å²) in [5.41, 5.74) is 0.586. The molecule has 0 radical (unpaired) electrons. The van der Waals surface area contributed by atoms with Crippen molar-refractivity contribution in [2.45, 2.75) is 25.0 Å². The maximum atomic E-state index is 12.5. The molecule has 0 heterocycles. The third kappa shape index (κ3) is 3.94. The van der Waals surface area contributed by atoms with Gasteiger partial charge in [0, 0.05) is 16.1 Å². The lowest BCUT2D eigenvalue weighted by Crippen LogP contribution is -2.33. The summed E-state index contributed by atoms with van der Waals surface area (Å²) in [5.74, 6) is -1.31. The Bertz CT molecular complexity index is 759. The summed E-state index contributed by atoms with van der Waals surface area (Å²) in [6.07, 6.45) is 0.819. The van der Waals surface area contributed by atoms with Gasteiger partial charge in [-0.05, 0) is 31.0 Å². The molecule has 0 aromatic heterocycles. The van der Waals surface area contributed by atoms with Crippen LogP contribution in [0.4, 0.5) is 0 Å². The van der Waals surface area contributed by atoms with Gasteiger partial charge in [-0.3, -0.25) is 4.79 Å². The van der Waals surface area contributed by atoms with Gasteiger partial charge in [-0.1, -0.05) is 46.3 Å². The Morgan fingerprint density at radius 3 is 2.54 bits per heavy atom. The minimum absolute atomic E-state index is 0.00419. The third-order valence-electron chi connectivity index (χ3n) is 3.67. The van der Waals surface area contributed by atoms with Gasteiger partial charge >= 0.3 is 5.97 Å². The number of aromatic hydroxyl groups is 1. The molecule has 2 N–H and O–H groups in total. The Hall–Kier alpha value is -2.34. The van der Waals surface area contributed by atoms with Crippen LogP contribution in [-0.4, -0.2) is 23.0 Å². The summed E-state index contributed by atoms with van der Waals surface area (Å²) in [6.45, 7) is 0. The second-order valence-corrected chi connectivity index (χ2v) is 6.56. The van der Waals surface area contributed by atoms with Gasteiger partial charge in [-0.15, -0.1) is 0 Å². The van der Waals surface area contributed by atoms with Crippen LogP contribution in [0, 0.1) is 0 Å². The molecule has 2 aromatic carbocycles. The Morgan fingerprint density at radius 1 is 1.17 bits per heavy atom. The highest BCUT2D eigenvalue weighted by molar-refractivity contribution is 9.10. The maximum Gasteiger partial charge on any atom is 0.343 e. The molecule has 0 unspecified atom stereocenters. The molecule has 1 fully saturated rings. The molecule has 0 bridgehead atoms. The molecule has 1 atom stereocenters. The minimum Gasteiger partial charge on any atom is -0.507 e. The quantitative estimate of drug-likeness (QED) is 0.768. The van der Waals surface area contributed by atoms with Crippen molar-refractivity contribution in [1.82, 2.24) is 5.32 Å². The van der Waals surface area contributed by atoms with E-state index in [0.717, 1.165) is 12.8 Å². The molecule has 24 heavy (non-hydrogen) atoms. The normalized spacial score (nSPS) is 14.7. The van der Waals surface area contributed by atoms with Crippen LogP contribution in [0.2, 0.25) is 0 Å². The number of esters is 1. The average Bonchev–Trinajstić information content (AvgIpc) is 3.39. The largest absolute Gasteiger partial charge is 0.507 e. The van der Waals surface area contributed by atoms with Crippen LogP contribution in [0.25, 0.3) is 0 Å². The number of carbonyl (C=O) groups is 2. The molecular weight excluding hydrogens is 374 g/mol. The number of carbonyl (C=O) groups excluding carboxylic acids is 2. The first-order chi connectivity index (χ1) is 11.5. The molecule has 3 rings (SSSR count). The minimum atomic E-state index is -1.06. The Balaban J connectivity index is 1.84. The number of benzene rings is 2. The van der Waals surface area contributed by atoms with E-state index in [1.807, 2.05) is 6.07 Å². The van der Waals surface area contributed by atoms with Crippen molar-refractivity contribution < 1.29 is 19.4 Å². The highest BCUT2D eigenvalue weighted by atomic mass is 79.9. The zero-order chi connectivity index (χ0) is 17.1. The second-order valence-electron chi connectivity index (χ2n) is 5.64. The van der Waals surface area contributed by atoms with Crippen LogP contribution in [-0.2, 0) is 9.53 Å². The number of phenols is 1. The highest BCUT2D eigenvalue weighted by Crippen LogP contribution is 2.27. The number of hydrogen-bond acceptors (Lipinski definition) is 4. The second kappa shape index (κ2) is 7.05. The van der Waals surface area contributed by atoms with E-state index in [1.54, 1.807) is 30.3 Å². The number of amides is 1. The third-order valence-corrected chi connectivity index (χ3v) is 4.16. The van der Waals surface area contributed by atoms with Crippen LogP contribution in [0.3, 0.4) is 0 Å². The van der Waals surface area contributed by atoms with E-state index in [1.165, 1.54) is 12.1 Å². The van der Waals surface area contributed by atoms with E-state index in [-0.39, 0.29) is 23.3 Å². The van der Waals surface area contributed by atoms with Crippen LogP contribution < -0.4 is 5.32 Å². The summed E-state index contributed by atoms with van der Waals surface area (Å²) in [7, 11) is 0. The number of hydrogen-bond donors (Lipinski definition) is 2. The number of nitrogens with one attached hydrogen (secondary N) is 1. The van der Waals surface area contributed by atoms with Gasteiger partial charge in [0.15, 0.2) is 0 Å². The Labute approximate surface area is 147 Å². The first-order valence-electron chi connectivity index (χ1n) is 7.59. The monoisotopic (exact) mass is 389 g/mol. The summed E-state index contributed by atoms with van der Waals surface area (Å²) in [4.78, 5) is 24.9. The lowest BCUT2D eigenvalue weighted by molar-refractivity contribution is -0.130. The lowest BCUT2D eigenvalue weighted by Gasteiger charge is -2.18. The first-order valence-corrected chi connectivity index (χ1v) is 8.38. The molecule has 0 spiro atoms. The van der Waals surface area contributed by atoms with E-state index < -0.39 is 12.1 Å². The summed E-state index contributed by atoms with van der Waals surface area (Å²) in [5, 5.41) is 12.7. The molecule has 1 saturated carbocycles. The number of rotatable bonds is 5. The van der Waals surface area contributed by atoms with Crippen molar-refractivity contribution in [2.24, 2.45) is 0 Å². The highest BCUT2D eigenvalue weighted by Gasteiger charge is 2.31. The number of phenolic OH excluding ortho intramolecular Hbond substituents is 1. The van der Waals surface area contributed by atoms with Crippen molar-refractivity contribution >= 4 is 27.8 Å². The van der Waals surface area contributed by atoms with Crippen LogP contribution in [0.15, 0.2) is 53.0 Å². The molecule has 0 saturated heterocycles. The fourth-order valence-corrected chi connectivity index (χ4v) is 2.61. The van der Waals surface area contributed by atoms with Gasteiger partial charge in [0.1, 0.15) is 11.3 Å². The van der Waals surface area contributed by atoms with E-state index in [4.69, 9.17) is 4.74 Å². The van der Waals surface area contributed by atoms with E-state index in [2.05, 4.69) is 21.2 Å². The number of halogens is 1. The predicted octanol–water partition coefficient (Wildman–Crippen LogP) is 3.33. The van der Waals surface area contributed by atoms with Crippen molar-refractivity contribution in [3.8, 4) is 5.75 Å². The van der Waals surface area contributed by atoms with Crippen LogP contribution >= 0.6 is 15.9 Å².